The van der Waals surface area contributed by atoms with Gasteiger partial charge in [-0.2, -0.15) is 0 Å². The molecule has 5 nitrogen and oxygen atoms in total. The Labute approximate surface area is 184 Å². The number of unbranched alkanes of at least 4 members (excludes halogenated alkanes) is 6. The molecule has 0 radical (unpaired) electrons. The number of anilines is 3. The first-order valence-corrected chi connectivity index (χ1v) is 11.2. The Morgan fingerprint density at radius 2 is 1.55 bits per heavy atom. The first-order chi connectivity index (χ1) is 15.2. The molecule has 162 valence electrons. The summed E-state index contributed by atoms with van der Waals surface area (Å²) >= 11 is 0. The van der Waals surface area contributed by atoms with Gasteiger partial charge in [0.15, 0.2) is 0 Å². The number of pyridine rings is 2. The number of hydrogen-bond donors (Lipinski definition) is 1. The maximum absolute atomic E-state index is 11.4. The predicted octanol–water partition coefficient (Wildman–Crippen LogP) is 6.94. The zero-order chi connectivity index (χ0) is 21.9. The monoisotopic (exact) mass is 417 g/mol. The van der Waals surface area contributed by atoms with E-state index < -0.39 is 5.97 Å². The van der Waals surface area contributed by atoms with Crippen molar-refractivity contribution in [3.63, 3.8) is 0 Å². The van der Waals surface area contributed by atoms with E-state index in [1.54, 1.807) is 12.3 Å². The van der Waals surface area contributed by atoms with Gasteiger partial charge in [0, 0.05) is 18.1 Å². The van der Waals surface area contributed by atoms with Gasteiger partial charge in [0.25, 0.3) is 0 Å². The Kier molecular flexibility index (Phi) is 8.59. The molecule has 2 aromatic heterocycles. The van der Waals surface area contributed by atoms with E-state index in [0.29, 0.717) is 11.6 Å². The summed E-state index contributed by atoms with van der Waals surface area (Å²) in [5.74, 6) is 0.241. The number of carboxylic acid groups (broad SMARTS) is 1. The van der Waals surface area contributed by atoms with E-state index >= 15 is 0 Å². The van der Waals surface area contributed by atoms with Gasteiger partial charge in [-0.15, -0.1) is 0 Å². The van der Waals surface area contributed by atoms with Gasteiger partial charge in [0.2, 0.25) is 0 Å². The van der Waals surface area contributed by atoms with Gasteiger partial charge in [0.1, 0.15) is 11.6 Å². The molecule has 0 aliphatic carbocycles. The van der Waals surface area contributed by atoms with E-state index in [1.807, 2.05) is 23.1 Å². The highest BCUT2D eigenvalue weighted by atomic mass is 16.4. The average Bonchev–Trinajstić information content (AvgIpc) is 2.80. The molecule has 0 saturated carbocycles. The molecule has 3 aromatic rings. The number of benzene rings is 1. The maximum atomic E-state index is 11.4. The minimum Gasteiger partial charge on any atom is -0.478 e. The van der Waals surface area contributed by atoms with Crippen molar-refractivity contribution in [3.8, 4) is 0 Å². The molecule has 31 heavy (non-hydrogen) atoms. The van der Waals surface area contributed by atoms with Crippen molar-refractivity contribution >= 4 is 23.3 Å². The third-order valence-electron chi connectivity index (χ3n) is 5.36. The summed E-state index contributed by atoms with van der Waals surface area (Å²) in [6.45, 7) is 2.25. The molecule has 3 rings (SSSR count). The lowest BCUT2D eigenvalue weighted by Crippen LogP contribution is -2.13. The normalized spacial score (nSPS) is 10.7. The molecule has 0 bridgehead atoms. The highest BCUT2D eigenvalue weighted by molar-refractivity contribution is 5.89. The zero-order valence-electron chi connectivity index (χ0n) is 18.2. The van der Waals surface area contributed by atoms with E-state index in [4.69, 9.17) is 0 Å². The van der Waals surface area contributed by atoms with Crippen LogP contribution in [0.4, 0.5) is 17.3 Å². The summed E-state index contributed by atoms with van der Waals surface area (Å²) in [5, 5.41) is 9.37. The number of aryl methyl sites for hydroxylation is 1. The van der Waals surface area contributed by atoms with Crippen LogP contribution in [-0.4, -0.2) is 21.0 Å². The molecule has 0 saturated heterocycles. The third-order valence-corrected chi connectivity index (χ3v) is 5.36. The number of carboxylic acids is 1. The SMILES string of the molecule is CCCCCCCCCc1ccc(N(c2ccccn2)c2cc(C(=O)O)ccn2)cc1. The lowest BCUT2D eigenvalue weighted by Gasteiger charge is -2.23. The van der Waals surface area contributed by atoms with Crippen LogP contribution < -0.4 is 4.90 Å². The predicted molar refractivity (Wildman–Crippen MR) is 125 cm³/mol. The minimum atomic E-state index is -0.977. The third kappa shape index (κ3) is 6.64. The van der Waals surface area contributed by atoms with Crippen molar-refractivity contribution in [2.24, 2.45) is 0 Å². The Bertz CT molecular complexity index is 942. The molecule has 0 fully saturated rings. The van der Waals surface area contributed by atoms with Crippen LogP contribution >= 0.6 is 0 Å². The first kappa shape index (κ1) is 22.5. The standard InChI is InChI=1S/C26H31N3O2/c1-2-3-4-5-6-7-8-11-21-13-15-23(16-14-21)29(24-12-9-10-18-27-24)25-20-22(26(30)31)17-19-28-25/h9-10,12-20H,2-8,11H2,1H3,(H,30,31). The van der Waals surface area contributed by atoms with Gasteiger partial charge in [-0.3, -0.25) is 4.90 Å². The van der Waals surface area contributed by atoms with Gasteiger partial charge in [0.05, 0.1) is 5.56 Å². The van der Waals surface area contributed by atoms with E-state index in [2.05, 4.69) is 41.2 Å². The molecule has 0 amide bonds. The quantitative estimate of drug-likeness (QED) is 0.323. The molecule has 0 atom stereocenters. The summed E-state index contributed by atoms with van der Waals surface area (Å²) in [4.78, 5) is 22.2. The van der Waals surface area contributed by atoms with Gasteiger partial charge in [-0.25, -0.2) is 14.8 Å². The van der Waals surface area contributed by atoms with Crippen molar-refractivity contribution in [1.29, 1.82) is 0 Å². The molecule has 5 heteroatoms. The number of aromatic carboxylic acids is 1. The molecular formula is C26H31N3O2. The molecule has 1 N–H and O–H groups in total. The Balaban J connectivity index is 1.72. The van der Waals surface area contributed by atoms with Crippen molar-refractivity contribution < 1.29 is 9.90 Å². The van der Waals surface area contributed by atoms with E-state index in [9.17, 15) is 9.90 Å². The first-order valence-electron chi connectivity index (χ1n) is 11.2. The molecule has 0 spiro atoms. The van der Waals surface area contributed by atoms with Gasteiger partial charge < -0.3 is 5.11 Å². The van der Waals surface area contributed by atoms with Crippen LogP contribution in [0.25, 0.3) is 0 Å². The second kappa shape index (κ2) is 11.8. The average molecular weight is 418 g/mol. The molecule has 2 heterocycles. The fourth-order valence-electron chi connectivity index (χ4n) is 3.64. The number of hydrogen-bond acceptors (Lipinski definition) is 4. The summed E-state index contributed by atoms with van der Waals surface area (Å²) in [7, 11) is 0. The summed E-state index contributed by atoms with van der Waals surface area (Å²) < 4.78 is 0. The number of rotatable bonds is 12. The molecule has 1 aromatic carbocycles. The van der Waals surface area contributed by atoms with Crippen molar-refractivity contribution in [1.82, 2.24) is 9.97 Å². The van der Waals surface area contributed by atoms with Gasteiger partial charge in [-0.05, 0) is 54.8 Å². The van der Waals surface area contributed by atoms with E-state index in [-0.39, 0.29) is 5.56 Å². The minimum absolute atomic E-state index is 0.196. The molecule has 0 aliphatic rings. The summed E-state index contributed by atoms with van der Waals surface area (Å²) in [6.07, 6.45) is 13.4. The Morgan fingerprint density at radius 1 is 0.839 bits per heavy atom. The molecule has 0 aliphatic heterocycles. The van der Waals surface area contributed by atoms with Crippen molar-refractivity contribution in [3.05, 3.63) is 78.1 Å². The van der Waals surface area contributed by atoms with Crippen LogP contribution in [0.2, 0.25) is 0 Å². The number of carbonyl (C=O) groups is 1. The fourth-order valence-corrected chi connectivity index (χ4v) is 3.64. The Morgan fingerprint density at radius 3 is 2.23 bits per heavy atom. The summed E-state index contributed by atoms with van der Waals surface area (Å²) in [6, 6.07) is 17.1. The second-order valence-electron chi connectivity index (χ2n) is 7.77. The lowest BCUT2D eigenvalue weighted by molar-refractivity contribution is 0.0697. The van der Waals surface area contributed by atoms with Crippen molar-refractivity contribution in [2.75, 3.05) is 4.90 Å². The van der Waals surface area contributed by atoms with Crippen LogP contribution in [0.15, 0.2) is 67.0 Å². The number of aromatic nitrogens is 2. The highest BCUT2D eigenvalue weighted by Gasteiger charge is 2.16. The van der Waals surface area contributed by atoms with Gasteiger partial charge in [-0.1, -0.05) is 63.6 Å². The van der Waals surface area contributed by atoms with Crippen LogP contribution in [0.3, 0.4) is 0 Å². The Hall–Kier alpha value is -3.21. The van der Waals surface area contributed by atoms with Crippen LogP contribution in [0, 0.1) is 0 Å². The summed E-state index contributed by atoms with van der Waals surface area (Å²) in [5.41, 5.74) is 2.41. The maximum Gasteiger partial charge on any atom is 0.335 e. The smallest absolute Gasteiger partial charge is 0.335 e. The molecular weight excluding hydrogens is 386 g/mol. The van der Waals surface area contributed by atoms with E-state index in [0.717, 1.165) is 12.1 Å². The van der Waals surface area contributed by atoms with Crippen molar-refractivity contribution in [2.45, 2.75) is 58.3 Å². The van der Waals surface area contributed by atoms with Crippen LogP contribution in [-0.2, 0) is 6.42 Å². The fraction of sp³-hybridized carbons (Fsp3) is 0.346. The topological polar surface area (TPSA) is 66.3 Å². The second-order valence-corrected chi connectivity index (χ2v) is 7.77. The number of nitrogens with zero attached hydrogens (tertiary/aromatic N) is 3. The van der Waals surface area contributed by atoms with Crippen LogP contribution in [0.5, 0.6) is 0 Å². The lowest BCUT2D eigenvalue weighted by atomic mass is 10.0. The largest absolute Gasteiger partial charge is 0.478 e. The van der Waals surface area contributed by atoms with Gasteiger partial charge >= 0.3 is 5.97 Å². The highest BCUT2D eigenvalue weighted by Crippen LogP contribution is 2.32. The molecule has 0 unspecified atom stereocenters. The zero-order valence-corrected chi connectivity index (χ0v) is 18.2. The van der Waals surface area contributed by atoms with Crippen LogP contribution in [0.1, 0.15) is 67.8 Å². The van der Waals surface area contributed by atoms with E-state index in [1.165, 1.54) is 62.8 Å².